The van der Waals surface area contributed by atoms with E-state index in [1.165, 1.54) is 12.1 Å². The summed E-state index contributed by atoms with van der Waals surface area (Å²) in [6.45, 7) is 2.00. The van der Waals surface area contributed by atoms with Crippen molar-refractivity contribution in [3.63, 3.8) is 0 Å². The molecule has 1 heterocycles. The first-order valence-corrected chi connectivity index (χ1v) is 6.98. The van der Waals surface area contributed by atoms with Crippen molar-refractivity contribution >= 4 is 39.9 Å². The van der Waals surface area contributed by atoms with Crippen molar-refractivity contribution in [1.29, 1.82) is 0 Å². The molecule has 0 saturated carbocycles. The quantitative estimate of drug-likeness (QED) is 0.806. The van der Waals surface area contributed by atoms with E-state index in [0.29, 0.717) is 5.82 Å². The molecule has 2 rings (SSSR count). The van der Waals surface area contributed by atoms with Gasteiger partial charge in [0.25, 0.3) is 0 Å². The zero-order valence-corrected chi connectivity index (χ0v) is 12.8. The Morgan fingerprint density at radius 2 is 1.95 bits per heavy atom. The van der Waals surface area contributed by atoms with Crippen LogP contribution in [0.2, 0.25) is 0 Å². The van der Waals surface area contributed by atoms with Gasteiger partial charge < -0.3 is 10.6 Å². The molecule has 0 aliphatic heterocycles. The minimum atomic E-state index is -0.247. The monoisotopic (exact) mass is 372 g/mol. The molecule has 0 radical (unpaired) electrons. The Labute approximate surface area is 125 Å². The zero-order valence-electron chi connectivity index (χ0n) is 10.7. The molecule has 0 atom stereocenters. The van der Waals surface area contributed by atoms with Gasteiger partial charge in [-0.2, -0.15) is 0 Å². The fraction of sp³-hybridized carbons (Fsp3) is 0.231. The molecular formula is C13H14FIN4. The topological polar surface area (TPSA) is 49.8 Å². The Kier molecular flexibility index (Phi) is 4.52. The van der Waals surface area contributed by atoms with Crippen LogP contribution in [-0.2, 0) is 6.42 Å². The molecule has 4 nitrogen and oxygen atoms in total. The highest BCUT2D eigenvalue weighted by molar-refractivity contribution is 14.1. The van der Waals surface area contributed by atoms with Crippen LogP contribution in [0, 0.1) is 9.39 Å². The smallest absolute Gasteiger partial charge is 0.136 e. The molecule has 0 bridgehead atoms. The summed E-state index contributed by atoms with van der Waals surface area (Å²) in [5.41, 5.74) is 0.824. The Morgan fingerprint density at radius 3 is 2.58 bits per heavy atom. The number of nitrogens with one attached hydrogen (secondary N) is 2. The number of halogens is 2. The van der Waals surface area contributed by atoms with Crippen molar-refractivity contribution in [2.45, 2.75) is 13.3 Å². The summed E-state index contributed by atoms with van der Waals surface area (Å²) in [4.78, 5) is 8.72. The second kappa shape index (κ2) is 6.14. The largest absolute Gasteiger partial charge is 0.373 e. The van der Waals surface area contributed by atoms with E-state index in [4.69, 9.17) is 0 Å². The van der Waals surface area contributed by atoms with Gasteiger partial charge in [0.2, 0.25) is 0 Å². The van der Waals surface area contributed by atoms with Crippen LogP contribution in [0.15, 0.2) is 24.3 Å². The normalized spacial score (nSPS) is 10.3. The van der Waals surface area contributed by atoms with Gasteiger partial charge in [-0.25, -0.2) is 14.4 Å². The first-order chi connectivity index (χ1) is 9.12. The van der Waals surface area contributed by atoms with Crippen LogP contribution in [0.3, 0.4) is 0 Å². The standard InChI is InChI=1S/C13H14FIN4/c1-3-11-18-12(16-2)7-13(19-11)17-10-5-4-8(14)6-9(10)15/h4-7H,3H2,1-2H3,(H2,16,17,18,19). The Morgan fingerprint density at radius 1 is 1.21 bits per heavy atom. The van der Waals surface area contributed by atoms with Crippen molar-refractivity contribution in [2.75, 3.05) is 17.7 Å². The molecule has 0 saturated heterocycles. The highest BCUT2D eigenvalue weighted by Gasteiger charge is 2.06. The fourth-order valence-corrected chi connectivity index (χ4v) is 2.19. The fourth-order valence-electron chi connectivity index (χ4n) is 1.58. The molecule has 0 aliphatic carbocycles. The molecule has 0 fully saturated rings. The number of benzene rings is 1. The van der Waals surface area contributed by atoms with Crippen LogP contribution in [-0.4, -0.2) is 17.0 Å². The molecule has 1 aromatic carbocycles. The predicted molar refractivity (Wildman–Crippen MR) is 83.4 cm³/mol. The van der Waals surface area contributed by atoms with E-state index in [9.17, 15) is 4.39 Å². The second-order valence-corrected chi connectivity index (χ2v) is 5.07. The summed E-state index contributed by atoms with van der Waals surface area (Å²) in [5, 5.41) is 6.18. The van der Waals surface area contributed by atoms with E-state index in [0.717, 1.165) is 27.3 Å². The summed E-state index contributed by atoms with van der Waals surface area (Å²) in [6, 6.07) is 6.41. The molecule has 0 amide bonds. The third kappa shape index (κ3) is 3.52. The first kappa shape index (κ1) is 14.0. The minimum Gasteiger partial charge on any atom is -0.373 e. The van der Waals surface area contributed by atoms with Crippen LogP contribution in [0.5, 0.6) is 0 Å². The third-order valence-electron chi connectivity index (χ3n) is 2.54. The van der Waals surface area contributed by atoms with Crippen molar-refractivity contribution < 1.29 is 4.39 Å². The molecule has 0 aliphatic rings. The van der Waals surface area contributed by atoms with E-state index in [1.807, 2.05) is 20.0 Å². The van der Waals surface area contributed by atoms with Crippen LogP contribution < -0.4 is 10.6 Å². The molecule has 100 valence electrons. The number of aromatic nitrogens is 2. The lowest BCUT2D eigenvalue weighted by molar-refractivity contribution is 0.627. The predicted octanol–water partition coefficient (Wildman–Crippen LogP) is 3.57. The molecule has 2 aromatic rings. The van der Waals surface area contributed by atoms with Crippen molar-refractivity contribution in [2.24, 2.45) is 0 Å². The van der Waals surface area contributed by atoms with E-state index >= 15 is 0 Å². The molecule has 0 spiro atoms. The minimum absolute atomic E-state index is 0.247. The average molecular weight is 372 g/mol. The summed E-state index contributed by atoms with van der Waals surface area (Å²) in [5.74, 6) is 1.96. The second-order valence-electron chi connectivity index (χ2n) is 3.91. The molecule has 0 unspecified atom stereocenters. The molecule has 1 aromatic heterocycles. The van der Waals surface area contributed by atoms with Crippen LogP contribution in [0.1, 0.15) is 12.7 Å². The average Bonchev–Trinajstić information content (AvgIpc) is 2.41. The molecule has 2 N–H and O–H groups in total. The number of hydrogen-bond acceptors (Lipinski definition) is 4. The summed E-state index contributed by atoms with van der Waals surface area (Å²) in [6.07, 6.45) is 0.755. The van der Waals surface area contributed by atoms with Gasteiger partial charge in [-0.05, 0) is 40.8 Å². The van der Waals surface area contributed by atoms with E-state index in [2.05, 4.69) is 43.2 Å². The van der Waals surface area contributed by atoms with Crippen LogP contribution in [0.25, 0.3) is 0 Å². The Balaban J connectivity index is 2.31. The number of aryl methyl sites for hydroxylation is 1. The summed E-state index contributed by atoms with van der Waals surface area (Å²) >= 11 is 2.09. The Hall–Kier alpha value is -1.44. The first-order valence-electron chi connectivity index (χ1n) is 5.90. The van der Waals surface area contributed by atoms with Gasteiger partial charge in [0.15, 0.2) is 0 Å². The van der Waals surface area contributed by atoms with Gasteiger partial charge in [0.05, 0.1) is 5.69 Å². The van der Waals surface area contributed by atoms with Crippen LogP contribution in [0.4, 0.5) is 21.7 Å². The van der Waals surface area contributed by atoms with E-state index < -0.39 is 0 Å². The van der Waals surface area contributed by atoms with Gasteiger partial charge >= 0.3 is 0 Å². The van der Waals surface area contributed by atoms with Crippen molar-refractivity contribution in [3.05, 3.63) is 39.5 Å². The number of nitrogens with zero attached hydrogens (tertiary/aromatic N) is 2. The number of hydrogen-bond donors (Lipinski definition) is 2. The van der Waals surface area contributed by atoms with Crippen LogP contribution >= 0.6 is 22.6 Å². The molecule has 6 heteroatoms. The lowest BCUT2D eigenvalue weighted by Crippen LogP contribution is -2.03. The zero-order chi connectivity index (χ0) is 13.8. The van der Waals surface area contributed by atoms with Gasteiger partial charge in [-0.15, -0.1) is 0 Å². The van der Waals surface area contributed by atoms with Crippen molar-refractivity contribution in [3.8, 4) is 0 Å². The lowest BCUT2D eigenvalue weighted by Gasteiger charge is -2.10. The van der Waals surface area contributed by atoms with E-state index in [-0.39, 0.29) is 5.82 Å². The SMILES string of the molecule is CCc1nc(NC)cc(Nc2ccc(F)cc2I)n1. The van der Waals surface area contributed by atoms with E-state index in [1.54, 1.807) is 6.07 Å². The van der Waals surface area contributed by atoms with Crippen molar-refractivity contribution in [1.82, 2.24) is 9.97 Å². The van der Waals surface area contributed by atoms with Gasteiger partial charge in [0, 0.05) is 23.1 Å². The third-order valence-corrected chi connectivity index (χ3v) is 3.43. The maximum absolute atomic E-state index is 13.1. The highest BCUT2D eigenvalue weighted by atomic mass is 127. The summed E-state index contributed by atoms with van der Waals surface area (Å²) in [7, 11) is 1.81. The maximum atomic E-state index is 13.1. The number of rotatable bonds is 4. The number of anilines is 3. The van der Waals surface area contributed by atoms with Gasteiger partial charge in [0.1, 0.15) is 23.3 Å². The van der Waals surface area contributed by atoms with Gasteiger partial charge in [-0.1, -0.05) is 6.92 Å². The highest BCUT2D eigenvalue weighted by Crippen LogP contribution is 2.23. The molecule has 19 heavy (non-hydrogen) atoms. The van der Waals surface area contributed by atoms with Gasteiger partial charge in [-0.3, -0.25) is 0 Å². The maximum Gasteiger partial charge on any atom is 0.136 e. The lowest BCUT2D eigenvalue weighted by atomic mass is 10.3. The molecular weight excluding hydrogens is 358 g/mol. The Bertz CT molecular complexity index is 567. The summed E-state index contributed by atoms with van der Waals surface area (Å²) < 4.78 is 13.9.